The second-order valence-electron chi connectivity index (χ2n) is 3.73. The lowest BCUT2D eigenvalue weighted by atomic mass is 10.1. The maximum atomic E-state index is 5.94. The molecule has 0 bridgehead atoms. The predicted octanol–water partition coefficient (Wildman–Crippen LogP) is 0.865. The van der Waals surface area contributed by atoms with Gasteiger partial charge in [0.1, 0.15) is 5.82 Å². The molecule has 2 N–H and O–H groups in total. The van der Waals surface area contributed by atoms with Gasteiger partial charge in [0.05, 0.1) is 0 Å². The summed E-state index contributed by atoms with van der Waals surface area (Å²) < 4.78 is 0. The minimum absolute atomic E-state index is 0.294. The van der Waals surface area contributed by atoms with Crippen molar-refractivity contribution in [2.75, 3.05) is 18.0 Å². The number of nitrogens with two attached hydrogens (primary N) is 1. The van der Waals surface area contributed by atoms with Crippen LogP contribution in [0.25, 0.3) is 0 Å². The summed E-state index contributed by atoms with van der Waals surface area (Å²) in [7, 11) is 0. The summed E-state index contributed by atoms with van der Waals surface area (Å²) >= 11 is 0. The number of nitrogens with zero attached hydrogens (tertiary/aromatic N) is 2. The van der Waals surface area contributed by atoms with E-state index in [0.717, 1.165) is 18.9 Å². The third kappa shape index (κ3) is 1.65. The molecule has 70 valence electrons. The molecule has 2 rings (SSSR count). The van der Waals surface area contributed by atoms with Crippen LogP contribution in [0.15, 0.2) is 24.4 Å². The number of rotatable bonds is 1. The fourth-order valence-electron chi connectivity index (χ4n) is 1.72. The highest BCUT2D eigenvalue weighted by Crippen LogP contribution is 2.20. The molecule has 3 nitrogen and oxygen atoms in total. The minimum atomic E-state index is 0.294. The Morgan fingerprint density at radius 2 is 2.31 bits per heavy atom. The monoisotopic (exact) mass is 177 g/mol. The third-order valence-electron chi connectivity index (χ3n) is 2.64. The van der Waals surface area contributed by atoms with E-state index in [1.54, 1.807) is 0 Å². The molecule has 1 aliphatic heterocycles. The van der Waals surface area contributed by atoms with Crippen molar-refractivity contribution in [2.24, 2.45) is 11.7 Å². The van der Waals surface area contributed by atoms with Crippen molar-refractivity contribution >= 4 is 5.82 Å². The van der Waals surface area contributed by atoms with Gasteiger partial charge in [0.25, 0.3) is 0 Å². The van der Waals surface area contributed by atoms with Gasteiger partial charge in [-0.25, -0.2) is 4.98 Å². The van der Waals surface area contributed by atoms with E-state index in [4.69, 9.17) is 5.73 Å². The zero-order valence-corrected chi connectivity index (χ0v) is 7.85. The molecule has 0 aromatic carbocycles. The van der Waals surface area contributed by atoms with Crippen molar-refractivity contribution < 1.29 is 0 Å². The number of pyridine rings is 1. The van der Waals surface area contributed by atoms with Crippen LogP contribution < -0.4 is 10.6 Å². The van der Waals surface area contributed by atoms with Gasteiger partial charge in [-0.3, -0.25) is 0 Å². The molecular formula is C10H15N3. The summed E-state index contributed by atoms with van der Waals surface area (Å²) in [6.45, 7) is 4.14. The van der Waals surface area contributed by atoms with Gasteiger partial charge in [-0.2, -0.15) is 0 Å². The standard InChI is InChI=1S/C10H15N3/c1-8-6-13(7-9(8)11)10-4-2-3-5-12-10/h2-5,8-9H,6-7,11H2,1H3. The summed E-state index contributed by atoms with van der Waals surface area (Å²) in [6, 6.07) is 6.27. The number of aromatic nitrogens is 1. The van der Waals surface area contributed by atoms with Crippen LogP contribution in [0.1, 0.15) is 6.92 Å². The van der Waals surface area contributed by atoms with Gasteiger partial charge < -0.3 is 10.6 Å². The van der Waals surface area contributed by atoms with Crippen LogP contribution in [0.5, 0.6) is 0 Å². The van der Waals surface area contributed by atoms with E-state index in [-0.39, 0.29) is 0 Å². The second-order valence-corrected chi connectivity index (χ2v) is 3.73. The van der Waals surface area contributed by atoms with Crippen molar-refractivity contribution in [1.82, 2.24) is 4.98 Å². The highest BCUT2D eigenvalue weighted by molar-refractivity contribution is 5.39. The molecule has 0 radical (unpaired) electrons. The zero-order chi connectivity index (χ0) is 9.26. The van der Waals surface area contributed by atoms with Gasteiger partial charge in [0, 0.05) is 25.3 Å². The van der Waals surface area contributed by atoms with Crippen molar-refractivity contribution in [3.63, 3.8) is 0 Å². The first-order valence-electron chi connectivity index (χ1n) is 4.69. The molecule has 2 unspecified atom stereocenters. The summed E-state index contributed by atoms with van der Waals surface area (Å²) in [5.74, 6) is 1.62. The van der Waals surface area contributed by atoms with Crippen LogP contribution in [0, 0.1) is 5.92 Å². The average Bonchev–Trinajstić information content (AvgIpc) is 2.49. The van der Waals surface area contributed by atoms with Crippen LogP contribution in [0.2, 0.25) is 0 Å². The Balaban J connectivity index is 2.12. The van der Waals surface area contributed by atoms with Gasteiger partial charge in [0.15, 0.2) is 0 Å². The molecule has 0 spiro atoms. The first kappa shape index (κ1) is 8.51. The average molecular weight is 177 g/mol. The Morgan fingerprint density at radius 1 is 1.46 bits per heavy atom. The van der Waals surface area contributed by atoms with Crippen LogP contribution >= 0.6 is 0 Å². The lowest BCUT2D eigenvalue weighted by Crippen LogP contribution is -2.28. The Hall–Kier alpha value is -1.09. The van der Waals surface area contributed by atoms with E-state index in [2.05, 4.69) is 16.8 Å². The summed E-state index contributed by atoms with van der Waals surface area (Å²) in [5.41, 5.74) is 5.94. The van der Waals surface area contributed by atoms with Gasteiger partial charge in [0.2, 0.25) is 0 Å². The lowest BCUT2D eigenvalue weighted by Gasteiger charge is -2.15. The molecule has 2 atom stereocenters. The molecule has 1 aliphatic rings. The zero-order valence-electron chi connectivity index (χ0n) is 7.85. The predicted molar refractivity (Wildman–Crippen MR) is 53.6 cm³/mol. The van der Waals surface area contributed by atoms with Crippen molar-refractivity contribution in [2.45, 2.75) is 13.0 Å². The normalized spacial score (nSPS) is 28.0. The molecule has 13 heavy (non-hydrogen) atoms. The second kappa shape index (κ2) is 3.34. The molecule has 1 aromatic heterocycles. The van der Waals surface area contributed by atoms with Crippen LogP contribution in [-0.2, 0) is 0 Å². The van der Waals surface area contributed by atoms with E-state index in [9.17, 15) is 0 Å². The molecular weight excluding hydrogens is 162 g/mol. The van der Waals surface area contributed by atoms with Crippen molar-refractivity contribution in [1.29, 1.82) is 0 Å². The third-order valence-corrected chi connectivity index (χ3v) is 2.64. The largest absolute Gasteiger partial charge is 0.355 e. The van der Waals surface area contributed by atoms with Gasteiger partial charge >= 0.3 is 0 Å². The van der Waals surface area contributed by atoms with E-state index < -0.39 is 0 Å². The lowest BCUT2D eigenvalue weighted by molar-refractivity contribution is 0.566. The highest BCUT2D eigenvalue weighted by atomic mass is 15.2. The maximum absolute atomic E-state index is 5.94. The van der Waals surface area contributed by atoms with E-state index in [1.165, 1.54) is 0 Å². The van der Waals surface area contributed by atoms with Gasteiger partial charge in [-0.15, -0.1) is 0 Å². The summed E-state index contributed by atoms with van der Waals surface area (Å²) in [6.07, 6.45) is 1.82. The molecule has 1 fully saturated rings. The molecule has 0 aliphatic carbocycles. The fourth-order valence-corrected chi connectivity index (χ4v) is 1.72. The SMILES string of the molecule is CC1CN(c2ccccn2)CC1N. The quantitative estimate of drug-likeness (QED) is 0.692. The first-order valence-corrected chi connectivity index (χ1v) is 4.69. The number of hydrogen-bond acceptors (Lipinski definition) is 3. The van der Waals surface area contributed by atoms with Crippen LogP contribution in [-0.4, -0.2) is 24.1 Å². The Labute approximate surface area is 78.6 Å². The maximum Gasteiger partial charge on any atom is 0.128 e. The molecule has 3 heteroatoms. The first-order chi connectivity index (χ1) is 6.27. The number of anilines is 1. The highest BCUT2D eigenvalue weighted by Gasteiger charge is 2.26. The Kier molecular flexibility index (Phi) is 2.19. The van der Waals surface area contributed by atoms with E-state index in [0.29, 0.717) is 12.0 Å². The summed E-state index contributed by atoms with van der Waals surface area (Å²) in [4.78, 5) is 6.55. The molecule has 0 amide bonds. The smallest absolute Gasteiger partial charge is 0.128 e. The van der Waals surface area contributed by atoms with Gasteiger partial charge in [-0.05, 0) is 18.1 Å². The Morgan fingerprint density at radius 3 is 2.85 bits per heavy atom. The van der Waals surface area contributed by atoms with Crippen LogP contribution in [0.4, 0.5) is 5.82 Å². The van der Waals surface area contributed by atoms with Crippen molar-refractivity contribution in [3.05, 3.63) is 24.4 Å². The molecule has 1 saturated heterocycles. The van der Waals surface area contributed by atoms with Crippen molar-refractivity contribution in [3.8, 4) is 0 Å². The van der Waals surface area contributed by atoms with E-state index >= 15 is 0 Å². The summed E-state index contributed by atoms with van der Waals surface area (Å²) in [5, 5.41) is 0. The van der Waals surface area contributed by atoms with Crippen LogP contribution in [0.3, 0.4) is 0 Å². The minimum Gasteiger partial charge on any atom is -0.355 e. The van der Waals surface area contributed by atoms with E-state index in [1.807, 2.05) is 24.4 Å². The molecule has 1 aromatic rings. The molecule has 2 heterocycles. The number of hydrogen-bond donors (Lipinski definition) is 1. The Bertz CT molecular complexity index is 263. The fraction of sp³-hybridized carbons (Fsp3) is 0.500. The topological polar surface area (TPSA) is 42.2 Å². The van der Waals surface area contributed by atoms with Gasteiger partial charge in [-0.1, -0.05) is 13.0 Å². The molecule has 0 saturated carbocycles.